The fourth-order valence-corrected chi connectivity index (χ4v) is 2.90. The number of methoxy groups -OCH3 is 1. The van der Waals surface area contributed by atoms with Crippen LogP contribution in [0.1, 0.15) is 24.4 Å². The molecular weight excluding hydrogens is 276 g/mol. The molecule has 20 heavy (non-hydrogen) atoms. The number of rotatable bonds is 3. The molecule has 2 saturated heterocycles. The normalized spacial score (nSPS) is 22.1. The van der Waals surface area contributed by atoms with E-state index in [-0.39, 0.29) is 24.4 Å². The van der Waals surface area contributed by atoms with Crippen molar-refractivity contribution in [1.29, 1.82) is 0 Å². The van der Waals surface area contributed by atoms with Crippen molar-refractivity contribution in [2.24, 2.45) is 5.92 Å². The lowest BCUT2D eigenvalue weighted by Gasteiger charge is -2.33. The van der Waals surface area contributed by atoms with Crippen molar-refractivity contribution in [3.05, 3.63) is 29.8 Å². The lowest BCUT2D eigenvalue weighted by molar-refractivity contribution is -0.138. The number of ether oxygens (including phenoxy) is 1. The van der Waals surface area contributed by atoms with Crippen LogP contribution in [0.15, 0.2) is 24.3 Å². The van der Waals surface area contributed by atoms with Crippen molar-refractivity contribution < 1.29 is 9.53 Å². The zero-order valence-electron chi connectivity index (χ0n) is 11.7. The number of halogens is 1. The van der Waals surface area contributed by atoms with Gasteiger partial charge < -0.3 is 15.0 Å². The molecule has 1 amide bonds. The van der Waals surface area contributed by atoms with Crippen LogP contribution in [0.2, 0.25) is 0 Å². The van der Waals surface area contributed by atoms with E-state index in [0.717, 1.165) is 38.2 Å². The second-order valence-electron chi connectivity index (χ2n) is 5.32. The summed E-state index contributed by atoms with van der Waals surface area (Å²) in [5.41, 5.74) is 1.22. The third-order valence-corrected chi connectivity index (χ3v) is 4.17. The molecule has 2 heterocycles. The van der Waals surface area contributed by atoms with E-state index in [9.17, 15) is 4.79 Å². The summed E-state index contributed by atoms with van der Waals surface area (Å²) in [5, 5.41) is 3.17. The first kappa shape index (κ1) is 15.1. The monoisotopic (exact) mass is 296 g/mol. The molecule has 110 valence electrons. The summed E-state index contributed by atoms with van der Waals surface area (Å²) in [6, 6.07) is 8.35. The zero-order chi connectivity index (χ0) is 13.2. The van der Waals surface area contributed by atoms with Gasteiger partial charge >= 0.3 is 0 Å². The SMILES string of the molecule is COc1ccc(C2CCCN2C(=O)C2CNC2)cc1.Cl. The molecule has 2 aliphatic heterocycles. The molecule has 2 fully saturated rings. The van der Waals surface area contributed by atoms with E-state index in [4.69, 9.17) is 4.74 Å². The number of nitrogens with zero attached hydrogens (tertiary/aromatic N) is 1. The molecule has 1 N–H and O–H groups in total. The quantitative estimate of drug-likeness (QED) is 0.927. The van der Waals surface area contributed by atoms with E-state index in [1.54, 1.807) is 7.11 Å². The average molecular weight is 297 g/mol. The highest BCUT2D eigenvalue weighted by Crippen LogP contribution is 2.34. The van der Waals surface area contributed by atoms with E-state index >= 15 is 0 Å². The van der Waals surface area contributed by atoms with Crippen LogP contribution in [0.5, 0.6) is 5.75 Å². The zero-order valence-corrected chi connectivity index (χ0v) is 12.5. The summed E-state index contributed by atoms with van der Waals surface area (Å²) in [7, 11) is 1.67. The van der Waals surface area contributed by atoms with Crippen LogP contribution in [-0.4, -0.2) is 37.6 Å². The number of amides is 1. The molecule has 0 spiro atoms. The Labute approximate surface area is 125 Å². The Bertz CT molecular complexity index is 459. The van der Waals surface area contributed by atoms with Gasteiger partial charge in [-0.15, -0.1) is 12.4 Å². The minimum Gasteiger partial charge on any atom is -0.497 e. The molecule has 0 aromatic heterocycles. The molecule has 1 aromatic rings. The van der Waals surface area contributed by atoms with Gasteiger partial charge in [0.2, 0.25) is 5.91 Å². The first-order valence-electron chi connectivity index (χ1n) is 6.95. The third kappa shape index (κ3) is 2.76. The van der Waals surface area contributed by atoms with Crippen molar-refractivity contribution in [2.45, 2.75) is 18.9 Å². The summed E-state index contributed by atoms with van der Waals surface area (Å²) in [5.74, 6) is 1.37. The van der Waals surface area contributed by atoms with E-state index < -0.39 is 0 Å². The Morgan fingerprint density at radius 3 is 2.55 bits per heavy atom. The minimum absolute atomic E-state index is 0. The summed E-state index contributed by atoms with van der Waals surface area (Å²) in [6.45, 7) is 2.57. The molecule has 1 atom stereocenters. The fraction of sp³-hybridized carbons (Fsp3) is 0.533. The van der Waals surface area contributed by atoms with Crippen LogP contribution in [0.25, 0.3) is 0 Å². The summed E-state index contributed by atoms with van der Waals surface area (Å²) >= 11 is 0. The standard InChI is InChI=1S/C15H20N2O2.ClH/c1-19-13-6-4-11(5-7-13)14-3-2-8-17(14)15(18)12-9-16-10-12;/h4-7,12,14,16H,2-3,8-10H2,1H3;1H. The average Bonchev–Trinajstić information content (AvgIpc) is 2.86. The van der Waals surface area contributed by atoms with Crippen LogP contribution in [0.4, 0.5) is 0 Å². The summed E-state index contributed by atoms with van der Waals surface area (Å²) in [4.78, 5) is 14.5. The maximum atomic E-state index is 12.4. The highest BCUT2D eigenvalue weighted by Gasteiger charge is 2.36. The smallest absolute Gasteiger partial charge is 0.228 e. The molecule has 0 saturated carbocycles. The molecule has 3 rings (SSSR count). The number of hydrogen-bond acceptors (Lipinski definition) is 3. The van der Waals surface area contributed by atoms with Crippen LogP contribution in [0.3, 0.4) is 0 Å². The van der Waals surface area contributed by atoms with Gasteiger partial charge in [-0.1, -0.05) is 12.1 Å². The molecule has 0 radical (unpaired) electrons. The van der Waals surface area contributed by atoms with Crippen molar-refractivity contribution >= 4 is 18.3 Å². The van der Waals surface area contributed by atoms with E-state index in [1.165, 1.54) is 5.56 Å². The number of hydrogen-bond donors (Lipinski definition) is 1. The Morgan fingerprint density at radius 2 is 2.00 bits per heavy atom. The van der Waals surface area contributed by atoms with Crippen molar-refractivity contribution in [3.63, 3.8) is 0 Å². The van der Waals surface area contributed by atoms with Crippen LogP contribution < -0.4 is 10.1 Å². The molecule has 5 heteroatoms. The van der Waals surface area contributed by atoms with Gasteiger partial charge in [-0.2, -0.15) is 0 Å². The Morgan fingerprint density at radius 1 is 1.30 bits per heavy atom. The number of benzene rings is 1. The summed E-state index contributed by atoms with van der Waals surface area (Å²) < 4.78 is 5.18. The molecule has 2 aliphatic rings. The molecule has 4 nitrogen and oxygen atoms in total. The number of carbonyl (C=O) groups excluding carboxylic acids is 1. The van der Waals surface area contributed by atoms with E-state index in [1.807, 2.05) is 12.1 Å². The second-order valence-corrected chi connectivity index (χ2v) is 5.32. The molecule has 1 aromatic carbocycles. The molecule has 0 aliphatic carbocycles. The van der Waals surface area contributed by atoms with Gasteiger partial charge in [0.15, 0.2) is 0 Å². The number of nitrogens with one attached hydrogen (secondary N) is 1. The van der Waals surface area contributed by atoms with Gasteiger partial charge in [0, 0.05) is 19.6 Å². The maximum absolute atomic E-state index is 12.4. The lowest BCUT2D eigenvalue weighted by atomic mass is 9.99. The van der Waals surface area contributed by atoms with Crippen molar-refractivity contribution in [1.82, 2.24) is 10.2 Å². The van der Waals surface area contributed by atoms with Crippen LogP contribution >= 0.6 is 12.4 Å². The van der Waals surface area contributed by atoms with Crippen molar-refractivity contribution in [2.75, 3.05) is 26.7 Å². The molecular formula is C15H21ClN2O2. The predicted molar refractivity (Wildman–Crippen MR) is 80.3 cm³/mol. The van der Waals surface area contributed by atoms with Gasteiger partial charge in [0.1, 0.15) is 5.75 Å². The first-order chi connectivity index (χ1) is 9.29. The second kappa shape index (κ2) is 6.46. The van der Waals surface area contributed by atoms with Crippen LogP contribution in [0, 0.1) is 5.92 Å². The van der Waals surface area contributed by atoms with Gasteiger partial charge in [-0.25, -0.2) is 0 Å². The topological polar surface area (TPSA) is 41.6 Å². The van der Waals surface area contributed by atoms with Crippen LogP contribution in [-0.2, 0) is 4.79 Å². The van der Waals surface area contributed by atoms with E-state index in [0.29, 0.717) is 5.91 Å². The highest BCUT2D eigenvalue weighted by molar-refractivity contribution is 5.85. The summed E-state index contributed by atoms with van der Waals surface area (Å²) in [6.07, 6.45) is 2.17. The van der Waals surface area contributed by atoms with Gasteiger partial charge in [-0.3, -0.25) is 4.79 Å². The largest absolute Gasteiger partial charge is 0.497 e. The predicted octanol–water partition coefficient (Wildman–Crippen LogP) is 2.00. The highest BCUT2D eigenvalue weighted by atomic mass is 35.5. The Balaban J connectivity index is 0.00000147. The van der Waals surface area contributed by atoms with Gasteiger partial charge in [0.05, 0.1) is 19.1 Å². The van der Waals surface area contributed by atoms with Crippen molar-refractivity contribution in [3.8, 4) is 5.75 Å². The fourth-order valence-electron chi connectivity index (χ4n) is 2.90. The lowest BCUT2D eigenvalue weighted by Crippen LogP contribution is -2.51. The Kier molecular flexibility index (Phi) is 4.89. The Hall–Kier alpha value is -1.26. The van der Waals surface area contributed by atoms with Gasteiger partial charge in [0.25, 0.3) is 0 Å². The molecule has 0 bridgehead atoms. The molecule has 1 unspecified atom stereocenters. The number of likely N-dealkylation sites (tertiary alicyclic amines) is 1. The third-order valence-electron chi connectivity index (χ3n) is 4.17. The minimum atomic E-state index is 0. The van der Waals surface area contributed by atoms with Gasteiger partial charge in [-0.05, 0) is 30.5 Å². The maximum Gasteiger partial charge on any atom is 0.228 e. The number of carbonyl (C=O) groups is 1. The first-order valence-corrected chi connectivity index (χ1v) is 6.95. The van der Waals surface area contributed by atoms with E-state index in [2.05, 4.69) is 22.3 Å².